The molecule has 5 heteroatoms. The van der Waals surface area contributed by atoms with E-state index in [2.05, 4.69) is 0 Å². The fraction of sp³-hybridized carbons (Fsp3) is 0.417. The first kappa shape index (κ1) is 13.6. The van der Waals surface area contributed by atoms with Crippen molar-refractivity contribution < 1.29 is 9.72 Å². The van der Waals surface area contributed by atoms with Crippen molar-refractivity contribution in [2.75, 3.05) is 6.54 Å². The van der Waals surface area contributed by atoms with Crippen LogP contribution in [0.4, 0.5) is 0 Å². The Hall–Kier alpha value is -1.42. The molecule has 0 saturated heterocycles. The standard InChI is InChI=1S/C12H14ClNO3/c1-12(2,8-15)10(7-14(16)17)9-5-3-4-6-11(9)13/h3-6,8,10H,7H2,1-2H3. The monoisotopic (exact) mass is 255 g/mol. The van der Waals surface area contributed by atoms with Crippen LogP contribution in [-0.4, -0.2) is 17.8 Å². The lowest BCUT2D eigenvalue weighted by molar-refractivity contribution is -0.485. The molecule has 0 heterocycles. The van der Waals surface area contributed by atoms with Crippen LogP contribution in [0.25, 0.3) is 0 Å². The van der Waals surface area contributed by atoms with E-state index in [1.54, 1.807) is 38.1 Å². The zero-order chi connectivity index (χ0) is 13.1. The van der Waals surface area contributed by atoms with Crippen LogP contribution >= 0.6 is 11.6 Å². The lowest BCUT2D eigenvalue weighted by atomic mass is 9.76. The average Bonchev–Trinajstić information content (AvgIpc) is 2.26. The second kappa shape index (κ2) is 5.27. The Kier molecular flexibility index (Phi) is 4.23. The number of benzene rings is 1. The van der Waals surface area contributed by atoms with Gasteiger partial charge in [-0.05, 0) is 11.6 Å². The minimum Gasteiger partial charge on any atom is -0.303 e. The van der Waals surface area contributed by atoms with Gasteiger partial charge in [-0.2, -0.15) is 0 Å². The van der Waals surface area contributed by atoms with Crippen molar-refractivity contribution in [2.24, 2.45) is 5.41 Å². The molecule has 0 fully saturated rings. The van der Waals surface area contributed by atoms with Gasteiger partial charge in [0.15, 0.2) is 0 Å². The summed E-state index contributed by atoms with van der Waals surface area (Å²) in [6.45, 7) is 3.05. The van der Waals surface area contributed by atoms with E-state index in [9.17, 15) is 14.9 Å². The predicted molar refractivity (Wildman–Crippen MR) is 65.9 cm³/mol. The summed E-state index contributed by atoms with van der Waals surface area (Å²) in [5, 5.41) is 11.2. The normalized spacial score (nSPS) is 13.1. The average molecular weight is 256 g/mol. The quantitative estimate of drug-likeness (QED) is 0.462. The number of carbonyl (C=O) groups is 1. The highest BCUT2D eigenvalue weighted by Gasteiger charge is 2.35. The highest BCUT2D eigenvalue weighted by molar-refractivity contribution is 6.31. The van der Waals surface area contributed by atoms with Gasteiger partial charge in [0.1, 0.15) is 6.29 Å². The van der Waals surface area contributed by atoms with E-state index in [0.29, 0.717) is 10.6 Å². The molecular weight excluding hydrogens is 242 g/mol. The molecule has 0 bridgehead atoms. The molecule has 92 valence electrons. The minimum absolute atomic E-state index is 0.310. The number of rotatable bonds is 5. The van der Waals surface area contributed by atoms with Crippen LogP contribution in [0.3, 0.4) is 0 Å². The Bertz CT molecular complexity index is 432. The van der Waals surface area contributed by atoms with Gasteiger partial charge in [-0.15, -0.1) is 0 Å². The SMILES string of the molecule is CC(C)(C=O)C(C[N+](=O)[O-])c1ccccc1Cl. The predicted octanol–water partition coefficient (Wildman–Crippen LogP) is 2.93. The number of nitro groups is 1. The molecule has 4 nitrogen and oxygen atoms in total. The number of nitrogens with zero attached hydrogens (tertiary/aromatic N) is 1. The summed E-state index contributed by atoms with van der Waals surface area (Å²) >= 11 is 6.03. The molecule has 0 aliphatic rings. The van der Waals surface area contributed by atoms with Gasteiger partial charge in [0, 0.05) is 15.4 Å². The molecule has 1 aromatic carbocycles. The van der Waals surface area contributed by atoms with Crippen LogP contribution in [-0.2, 0) is 4.79 Å². The first-order valence-electron chi connectivity index (χ1n) is 5.21. The zero-order valence-electron chi connectivity index (χ0n) is 9.72. The third kappa shape index (κ3) is 3.27. The van der Waals surface area contributed by atoms with Gasteiger partial charge in [-0.1, -0.05) is 43.6 Å². The number of aldehydes is 1. The van der Waals surface area contributed by atoms with Crippen molar-refractivity contribution in [3.05, 3.63) is 45.0 Å². The minimum atomic E-state index is -0.821. The molecular formula is C12H14ClNO3. The second-order valence-corrected chi connectivity index (χ2v) is 4.94. The fourth-order valence-corrected chi connectivity index (χ4v) is 1.99. The smallest absolute Gasteiger partial charge is 0.211 e. The van der Waals surface area contributed by atoms with E-state index >= 15 is 0 Å². The largest absolute Gasteiger partial charge is 0.303 e. The molecule has 0 aromatic heterocycles. The Morgan fingerprint density at radius 3 is 2.53 bits per heavy atom. The highest BCUT2D eigenvalue weighted by atomic mass is 35.5. The summed E-state index contributed by atoms with van der Waals surface area (Å²) in [5.41, 5.74) is -0.180. The molecule has 0 radical (unpaired) electrons. The number of hydrogen-bond acceptors (Lipinski definition) is 3. The molecule has 0 aliphatic carbocycles. The van der Waals surface area contributed by atoms with Crippen LogP contribution in [0.5, 0.6) is 0 Å². The Labute approximate surface area is 105 Å². The van der Waals surface area contributed by atoms with E-state index < -0.39 is 16.3 Å². The Balaban J connectivity index is 3.20. The van der Waals surface area contributed by atoms with Crippen molar-refractivity contribution in [1.82, 2.24) is 0 Å². The molecule has 0 amide bonds. The van der Waals surface area contributed by atoms with Gasteiger partial charge in [-0.3, -0.25) is 10.1 Å². The first-order valence-corrected chi connectivity index (χ1v) is 5.59. The Morgan fingerprint density at radius 2 is 2.06 bits per heavy atom. The molecule has 1 aromatic rings. The van der Waals surface area contributed by atoms with Crippen molar-refractivity contribution >= 4 is 17.9 Å². The van der Waals surface area contributed by atoms with E-state index in [1.807, 2.05) is 0 Å². The van der Waals surface area contributed by atoms with Crippen LogP contribution in [0.15, 0.2) is 24.3 Å². The summed E-state index contributed by atoms with van der Waals surface area (Å²) in [5.74, 6) is -0.524. The van der Waals surface area contributed by atoms with E-state index in [-0.39, 0.29) is 6.54 Å². The van der Waals surface area contributed by atoms with Crippen molar-refractivity contribution in [3.63, 3.8) is 0 Å². The molecule has 1 unspecified atom stereocenters. The summed E-state index contributed by atoms with van der Waals surface area (Å²) in [7, 11) is 0. The maximum absolute atomic E-state index is 11.1. The van der Waals surface area contributed by atoms with Crippen LogP contribution in [0.1, 0.15) is 25.3 Å². The van der Waals surface area contributed by atoms with Gasteiger partial charge in [-0.25, -0.2) is 0 Å². The van der Waals surface area contributed by atoms with E-state index in [0.717, 1.165) is 6.29 Å². The second-order valence-electron chi connectivity index (χ2n) is 4.53. The molecule has 17 heavy (non-hydrogen) atoms. The molecule has 1 rings (SSSR count). The topological polar surface area (TPSA) is 60.2 Å². The van der Waals surface area contributed by atoms with Gasteiger partial charge in [0.2, 0.25) is 6.54 Å². The summed E-state index contributed by atoms with van der Waals surface area (Å²) in [4.78, 5) is 21.4. The van der Waals surface area contributed by atoms with E-state index in [4.69, 9.17) is 11.6 Å². The first-order chi connectivity index (χ1) is 7.88. The van der Waals surface area contributed by atoms with Crippen molar-refractivity contribution in [2.45, 2.75) is 19.8 Å². The molecule has 0 N–H and O–H groups in total. The molecule has 0 spiro atoms. The number of halogens is 1. The highest BCUT2D eigenvalue weighted by Crippen LogP contribution is 2.37. The van der Waals surface area contributed by atoms with Gasteiger partial charge in [0.05, 0.1) is 5.92 Å². The lowest BCUT2D eigenvalue weighted by Gasteiger charge is -2.27. The molecule has 0 aliphatic heterocycles. The lowest BCUT2D eigenvalue weighted by Crippen LogP contribution is -2.29. The summed E-state index contributed by atoms with van der Waals surface area (Å²) < 4.78 is 0. The van der Waals surface area contributed by atoms with Gasteiger partial charge < -0.3 is 4.79 Å². The maximum Gasteiger partial charge on any atom is 0.211 e. The third-order valence-corrected chi connectivity index (χ3v) is 3.16. The van der Waals surface area contributed by atoms with Gasteiger partial charge in [0.25, 0.3) is 0 Å². The van der Waals surface area contributed by atoms with E-state index in [1.165, 1.54) is 0 Å². The molecule has 0 saturated carbocycles. The number of hydrogen-bond donors (Lipinski definition) is 0. The van der Waals surface area contributed by atoms with Crippen LogP contribution in [0.2, 0.25) is 5.02 Å². The van der Waals surface area contributed by atoms with Crippen LogP contribution < -0.4 is 0 Å². The maximum atomic E-state index is 11.1. The fourth-order valence-electron chi connectivity index (χ4n) is 1.72. The van der Waals surface area contributed by atoms with Crippen molar-refractivity contribution in [1.29, 1.82) is 0 Å². The zero-order valence-corrected chi connectivity index (χ0v) is 10.5. The number of carbonyl (C=O) groups excluding carboxylic acids is 1. The molecule has 1 atom stereocenters. The van der Waals surface area contributed by atoms with Crippen molar-refractivity contribution in [3.8, 4) is 0 Å². The Morgan fingerprint density at radius 1 is 1.47 bits per heavy atom. The summed E-state index contributed by atoms with van der Waals surface area (Å²) in [6.07, 6.45) is 0.741. The summed E-state index contributed by atoms with van der Waals surface area (Å²) in [6, 6.07) is 6.91. The van der Waals surface area contributed by atoms with Crippen LogP contribution in [0, 0.1) is 15.5 Å². The third-order valence-electron chi connectivity index (χ3n) is 2.81. The van der Waals surface area contributed by atoms with Gasteiger partial charge >= 0.3 is 0 Å².